The summed E-state index contributed by atoms with van der Waals surface area (Å²) < 4.78 is 0. The number of benzene rings is 1. The molecule has 2 heterocycles. The Morgan fingerprint density at radius 2 is 2.08 bits per heavy atom. The normalized spacial score (nSPS) is 12.7. The average Bonchev–Trinajstić information content (AvgIpc) is 3.15. The fourth-order valence-corrected chi connectivity index (χ4v) is 3.96. The van der Waals surface area contributed by atoms with Crippen LogP contribution in [-0.2, 0) is 11.2 Å². The number of aromatic amines is 1. The van der Waals surface area contributed by atoms with Gasteiger partial charge in [-0.2, -0.15) is 0 Å². The van der Waals surface area contributed by atoms with Crippen molar-refractivity contribution in [3.05, 3.63) is 46.5 Å². The van der Waals surface area contributed by atoms with Crippen LogP contribution in [-0.4, -0.2) is 21.9 Å². The molecule has 1 amide bonds. The highest BCUT2D eigenvalue weighted by molar-refractivity contribution is 7.09. The van der Waals surface area contributed by atoms with Crippen molar-refractivity contribution in [1.29, 1.82) is 0 Å². The number of carbonyl (C=O) groups is 1. The van der Waals surface area contributed by atoms with Gasteiger partial charge in [0.2, 0.25) is 5.91 Å². The van der Waals surface area contributed by atoms with Crippen molar-refractivity contribution >= 4 is 33.8 Å². The maximum atomic E-state index is 13.1. The summed E-state index contributed by atoms with van der Waals surface area (Å²) in [6.45, 7) is 8.49. The molecule has 1 aromatic carbocycles. The van der Waals surface area contributed by atoms with Crippen LogP contribution < -0.4 is 4.90 Å². The number of anilines is 1. The summed E-state index contributed by atoms with van der Waals surface area (Å²) in [5.74, 6) is 0.635. The van der Waals surface area contributed by atoms with Gasteiger partial charge in [-0.25, -0.2) is 4.98 Å². The van der Waals surface area contributed by atoms with Gasteiger partial charge < -0.3 is 9.88 Å². The molecule has 1 unspecified atom stereocenters. The molecule has 2 aromatic heterocycles. The van der Waals surface area contributed by atoms with Crippen LogP contribution in [0, 0.1) is 12.8 Å². The molecule has 1 atom stereocenters. The van der Waals surface area contributed by atoms with Crippen LogP contribution in [0.5, 0.6) is 0 Å². The van der Waals surface area contributed by atoms with Gasteiger partial charge in [0, 0.05) is 34.2 Å². The zero-order valence-corrected chi connectivity index (χ0v) is 16.1. The van der Waals surface area contributed by atoms with E-state index in [4.69, 9.17) is 0 Å². The first-order chi connectivity index (χ1) is 11.9. The third-order valence-corrected chi connectivity index (χ3v) is 5.16. The molecule has 0 radical (unpaired) electrons. The minimum absolute atomic E-state index is 0.105. The van der Waals surface area contributed by atoms with Gasteiger partial charge in [0.05, 0.1) is 17.1 Å². The Morgan fingerprint density at radius 3 is 2.76 bits per heavy atom. The van der Waals surface area contributed by atoms with Crippen LogP contribution in [0.4, 0.5) is 5.69 Å². The summed E-state index contributed by atoms with van der Waals surface area (Å²) in [5, 5.41) is 4.10. The average molecular weight is 356 g/mol. The number of nitrogens with zero attached hydrogens (tertiary/aromatic N) is 2. The lowest BCUT2D eigenvalue weighted by atomic mass is 10.0. The third kappa shape index (κ3) is 4.10. The number of hydrogen-bond acceptors (Lipinski definition) is 3. The van der Waals surface area contributed by atoms with E-state index in [1.165, 1.54) is 0 Å². The SMILES string of the molecule is Cc1nc(CC(=O)N(c2ccc3[nH]ccc3c2)C(C)CC(C)C)cs1. The second kappa shape index (κ2) is 7.40. The highest BCUT2D eigenvalue weighted by atomic mass is 32.1. The quantitative estimate of drug-likeness (QED) is 0.680. The molecule has 132 valence electrons. The van der Waals surface area contributed by atoms with Crippen molar-refractivity contribution in [1.82, 2.24) is 9.97 Å². The molecule has 25 heavy (non-hydrogen) atoms. The first-order valence-corrected chi connectivity index (χ1v) is 9.62. The van der Waals surface area contributed by atoms with Gasteiger partial charge in [0.1, 0.15) is 0 Å². The largest absolute Gasteiger partial charge is 0.361 e. The first-order valence-electron chi connectivity index (χ1n) is 8.74. The van der Waals surface area contributed by atoms with Gasteiger partial charge in [-0.3, -0.25) is 4.79 Å². The molecule has 0 aliphatic carbocycles. The van der Waals surface area contributed by atoms with E-state index in [2.05, 4.69) is 36.8 Å². The second-order valence-electron chi connectivity index (χ2n) is 7.03. The fourth-order valence-electron chi connectivity index (χ4n) is 3.35. The highest BCUT2D eigenvalue weighted by Crippen LogP contribution is 2.26. The van der Waals surface area contributed by atoms with Crippen molar-refractivity contribution in [3.63, 3.8) is 0 Å². The summed E-state index contributed by atoms with van der Waals surface area (Å²) in [7, 11) is 0. The van der Waals surface area contributed by atoms with Crippen molar-refractivity contribution in [2.24, 2.45) is 5.92 Å². The predicted octanol–water partition coefficient (Wildman–Crippen LogP) is 4.94. The molecule has 3 rings (SSSR count). The molecule has 0 aliphatic rings. The molecule has 3 aromatic rings. The van der Waals surface area contributed by atoms with Gasteiger partial charge in [-0.15, -0.1) is 11.3 Å². The van der Waals surface area contributed by atoms with E-state index in [1.807, 2.05) is 41.6 Å². The van der Waals surface area contributed by atoms with Gasteiger partial charge in [0.25, 0.3) is 0 Å². The van der Waals surface area contributed by atoms with Crippen LogP contribution in [0.25, 0.3) is 10.9 Å². The summed E-state index contributed by atoms with van der Waals surface area (Å²) in [6.07, 6.45) is 3.24. The fraction of sp³-hybridized carbons (Fsp3) is 0.400. The Bertz CT molecular complexity index is 865. The molecule has 0 saturated carbocycles. The topological polar surface area (TPSA) is 49.0 Å². The first kappa shape index (κ1) is 17.7. The van der Waals surface area contributed by atoms with Crippen molar-refractivity contribution in [2.45, 2.75) is 46.6 Å². The number of aromatic nitrogens is 2. The summed E-state index contributed by atoms with van der Waals surface area (Å²) in [5.41, 5.74) is 2.90. The molecule has 0 aliphatic heterocycles. The Kier molecular flexibility index (Phi) is 5.23. The smallest absolute Gasteiger partial charge is 0.233 e. The summed E-state index contributed by atoms with van der Waals surface area (Å²) >= 11 is 1.59. The lowest BCUT2D eigenvalue weighted by molar-refractivity contribution is -0.118. The standard InChI is InChI=1S/C20H25N3OS/c1-13(2)9-14(3)23(20(24)11-17-12-25-15(4)22-17)18-5-6-19-16(10-18)7-8-21-19/h5-8,10,12-14,21H,9,11H2,1-4H3. The summed E-state index contributed by atoms with van der Waals surface area (Å²) in [4.78, 5) is 22.7. The number of amides is 1. The Balaban J connectivity index is 1.91. The molecule has 0 fully saturated rings. The van der Waals surface area contributed by atoms with E-state index < -0.39 is 0 Å². The number of fused-ring (bicyclic) bond motifs is 1. The lowest BCUT2D eigenvalue weighted by Gasteiger charge is -2.30. The number of hydrogen-bond donors (Lipinski definition) is 1. The molecule has 1 N–H and O–H groups in total. The van der Waals surface area contributed by atoms with Crippen molar-refractivity contribution in [3.8, 4) is 0 Å². The Labute approximate surface area is 152 Å². The van der Waals surface area contributed by atoms with Crippen LogP contribution >= 0.6 is 11.3 Å². The predicted molar refractivity (Wildman–Crippen MR) is 105 cm³/mol. The van der Waals surface area contributed by atoms with Crippen LogP contribution in [0.3, 0.4) is 0 Å². The second-order valence-corrected chi connectivity index (χ2v) is 8.09. The van der Waals surface area contributed by atoms with E-state index in [0.29, 0.717) is 12.3 Å². The number of rotatable bonds is 6. The molecule has 5 heteroatoms. The molecule has 4 nitrogen and oxygen atoms in total. The van der Waals surface area contributed by atoms with Crippen LogP contribution in [0.2, 0.25) is 0 Å². The number of aryl methyl sites for hydroxylation is 1. The van der Waals surface area contributed by atoms with Gasteiger partial charge in [-0.05, 0) is 50.5 Å². The molecular weight excluding hydrogens is 330 g/mol. The van der Waals surface area contributed by atoms with E-state index in [-0.39, 0.29) is 11.9 Å². The molecular formula is C20H25N3OS. The number of H-pyrrole nitrogens is 1. The van der Waals surface area contributed by atoms with Gasteiger partial charge in [-0.1, -0.05) is 13.8 Å². The van der Waals surface area contributed by atoms with E-state index in [9.17, 15) is 4.79 Å². The Morgan fingerprint density at radius 1 is 1.28 bits per heavy atom. The van der Waals surface area contributed by atoms with Crippen LogP contribution in [0.1, 0.15) is 37.9 Å². The molecule has 0 spiro atoms. The van der Waals surface area contributed by atoms with Crippen LogP contribution in [0.15, 0.2) is 35.8 Å². The van der Waals surface area contributed by atoms with E-state index in [0.717, 1.165) is 33.7 Å². The minimum atomic E-state index is 0.105. The van der Waals surface area contributed by atoms with Gasteiger partial charge >= 0.3 is 0 Å². The summed E-state index contributed by atoms with van der Waals surface area (Å²) in [6, 6.07) is 8.34. The lowest BCUT2D eigenvalue weighted by Crippen LogP contribution is -2.40. The molecule has 0 saturated heterocycles. The zero-order valence-electron chi connectivity index (χ0n) is 15.2. The molecule has 0 bridgehead atoms. The number of thiazole rings is 1. The van der Waals surface area contributed by atoms with Gasteiger partial charge in [0.15, 0.2) is 0 Å². The monoisotopic (exact) mass is 355 g/mol. The maximum Gasteiger partial charge on any atom is 0.233 e. The number of nitrogens with one attached hydrogen (secondary N) is 1. The Hall–Kier alpha value is -2.14. The van der Waals surface area contributed by atoms with Crippen molar-refractivity contribution in [2.75, 3.05) is 4.90 Å². The zero-order chi connectivity index (χ0) is 18.0. The maximum absolute atomic E-state index is 13.1. The number of carbonyl (C=O) groups excluding carboxylic acids is 1. The van der Waals surface area contributed by atoms with E-state index >= 15 is 0 Å². The highest BCUT2D eigenvalue weighted by Gasteiger charge is 2.24. The third-order valence-electron chi connectivity index (χ3n) is 4.34. The van der Waals surface area contributed by atoms with E-state index in [1.54, 1.807) is 11.3 Å². The minimum Gasteiger partial charge on any atom is -0.361 e. The van der Waals surface area contributed by atoms with Crippen molar-refractivity contribution < 1.29 is 4.79 Å².